The quantitative estimate of drug-likeness (QED) is 0.553. The summed E-state index contributed by atoms with van der Waals surface area (Å²) in [5.41, 5.74) is 0. The number of fused-ring (bicyclic) bond motifs is 1. The number of morpholine rings is 1. The molecule has 2 saturated heterocycles. The zero-order valence-electron chi connectivity index (χ0n) is 9.64. The van der Waals surface area contributed by atoms with E-state index < -0.39 is 0 Å². The van der Waals surface area contributed by atoms with Gasteiger partial charge in [0.05, 0.1) is 25.3 Å². The Morgan fingerprint density at radius 1 is 1.40 bits per heavy atom. The van der Waals surface area contributed by atoms with Gasteiger partial charge in [0, 0.05) is 27.2 Å². The normalized spacial score (nSPS) is 31.5. The predicted molar refractivity (Wildman–Crippen MR) is 56.8 cm³/mol. The highest BCUT2D eigenvalue weighted by atomic mass is 16.5. The Labute approximate surface area is 90.6 Å². The summed E-state index contributed by atoms with van der Waals surface area (Å²) in [5, 5.41) is 0. The molecule has 5 heteroatoms. The van der Waals surface area contributed by atoms with Crippen molar-refractivity contribution in [2.45, 2.75) is 12.1 Å². The van der Waals surface area contributed by atoms with E-state index in [1.54, 1.807) is 19.0 Å². The Kier molecular flexibility index (Phi) is 2.84. The average Bonchev–Trinajstić information content (AvgIpc) is 2.61. The SMILES string of the molecule is CN(C)C(=O)N1CC2OCCN(C)C2C1. The zero-order valence-corrected chi connectivity index (χ0v) is 9.64. The summed E-state index contributed by atoms with van der Waals surface area (Å²) in [6.45, 7) is 3.26. The van der Waals surface area contributed by atoms with Crippen molar-refractivity contribution >= 4 is 6.03 Å². The molecule has 2 amide bonds. The molecule has 0 aromatic heterocycles. The van der Waals surface area contributed by atoms with Gasteiger partial charge in [0.15, 0.2) is 0 Å². The van der Waals surface area contributed by atoms with E-state index in [1.165, 1.54) is 0 Å². The van der Waals surface area contributed by atoms with Crippen LogP contribution in [0.3, 0.4) is 0 Å². The van der Waals surface area contributed by atoms with Crippen molar-refractivity contribution in [3.8, 4) is 0 Å². The van der Waals surface area contributed by atoms with E-state index in [4.69, 9.17) is 4.74 Å². The fourth-order valence-electron chi connectivity index (χ4n) is 2.30. The number of amides is 2. The summed E-state index contributed by atoms with van der Waals surface area (Å²) in [5.74, 6) is 0. The topological polar surface area (TPSA) is 36.0 Å². The van der Waals surface area contributed by atoms with E-state index in [9.17, 15) is 4.79 Å². The second-order valence-corrected chi connectivity index (χ2v) is 4.54. The first-order valence-corrected chi connectivity index (χ1v) is 5.37. The molecular formula is C10H19N3O2. The second-order valence-electron chi connectivity index (χ2n) is 4.54. The molecule has 0 radical (unpaired) electrons. The molecular weight excluding hydrogens is 194 g/mol. The van der Waals surface area contributed by atoms with E-state index in [2.05, 4.69) is 11.9 Å². The lowest BCUT2D eigenvalue weighted by Gasteiger charge is -2.33. The molecule has 0 spiro atoms. The number of urea groups is 1. The molecule has 0 bridgehead atoms. The molecule has 2 rings (SSSR count). The van der Waals surface area contributed by atoms with Gasteiger partial charge in [0.2, 0.25) is 0 Å². The van der Waals surface area contributed by atoms with Crippen molar-refractivity contribution in [1.29, 1.82) is 0 Å². The van der Waals surface area contributed by atoms with Gasteiger partial charge in [-0.2, -0.15) is 0 Å². The zero-order chi connectivity index (χ0) is 11.0. The minimum absolute atomic E-state index is 0.0846. The molecule has 2 heterocycles. The lowest BCUT2D eigenvalue weighted by Crippen LogP contribution is -2.48. The molecule has 0 N–H and O–H groups in total. The van der Waals surface area contributed by atoms with Gasteiger partial charge in [-0.25, -0.2) is 4.79 Å². The molecule has 2 aliphatic rings. The second kappa shape index (κ2) is 3.98. The fraction of sp³-hybridized carbons (Fsp3) is 0.900. The van der Waals surface area contributed by atoms with Gasteiger partial charge < -0.3 is 14.5 Å². The van der Waals surface area contributed by atoms with Crippen molar-refractivity contribution in [3.05, 3.63) is 0 Å². The maximum atomic E-state index is 11.8. The number of hydrogen-bond acceptors (Lipinski definition) is 3. The summed E-state index contributed by atoms with van der Waals surface area (Å²) in [6.07, 6.45) is 0.202. The van der Waals surface area contributed by atoms with E-state index in [1.807, 2.05) is 4.90 Å². The van der Waals surface area contributed by atoms with Crippen LogP contribution < -0.4 is 0 Å². The molecule has 0 aromatic carbocycles. The third kappa shape index (κ3) is 1.94. The van der Waals surface area contributed by atoms with Gasteiger partial charge in [0.25, 0.3) is 0 Å². The van der Waals surface area contributed by atoms with Gasteiger partial charge in [-0.3, -0.25) is 4.90 Å². The van der Waals surface area contributed by atoms with Crippen LogP contribution in [0.5, 0.6) is 0 Å². The van der Waals surface area contributed by atoms with Crippen LogP contribution in [0.2, 0.25) is 0 Å². The molecule has 2 unspecified atom stereocenters. The Morgan fingerprint density at radius 3 is 2.73 bits per heavy atom. The Balaban J connectivity index is 2.01. The largest absolute Gasteiger partial charge is 0.373 e. The molecule has 15 heavy (non-hydrogen) atoms. The number of likely N-dealkylation sites (N-methyl/N-ethyl adjacent to an activating group) is 1. The monoisotopic (exact) mass is 213 g/mol. The molecule has 2 atom stereocenters. The Bertz CT molecular complexity index is 257. The molecule has 0 aromatic rings. The number of hydrogen-bond donors (Lipinski definition) is 0. The maximum absolute atomic E-state index is 11.8. The third-order valence-electron chi connectivity index (χ3n) is 3.23. The van der Waals surface area contributed by atoms with E-state index in [-0.39, 0.29) is 12.1 Å². The maximum Gasteiger partial charge on any atom is 0.319 e. The van der Waals surface area contributed by atoms with Crippen LogP contribution in [-0.4, -0.2) is 80.3 Å². The van der Waals surface area contributed by atoms with Gasteiger partial charge >= 0.3 is 6.03 Å². The first kappa shape index (κ1) is 10.7. The minimum atomic E-state index is 0.0846. The lowest BCUT2D eigenvalue weighted by atomic mass is 10.1. The summed E-state index contributed by atoms with van der Waals surface area (Å²) < 4.78 is 5.68. The Morgan fingerprint density at radius 2 is 2.13 bits per heavy atom. The van der Waals surface area contributed by atoms with E-state index >= 15 is 0 Å². The van der Waals surface area contributed by atoms with Crippen molar-refractivity contribution in [1.82, 2.24) is 14.7 Å². The number of carbonyl (C=O) groups is 1. The van der Waals surface area contributed by atoms with E-state index in [0.717, 1.165) is 26.2 Å². The summed E-state index contributed by atoms with van der Waals surface area (Å²) >= 11 is 0. The first-order valence-electron chi connectivity index (χ1n) is 5.37. The fourth-order valence-corrected chi connectivity index (χ4v) is 2.30. The van der Waals surface area contributed by atoms with Crippen LogP contribution in [-0.2, 0) is 4.74 Å². The first-order chi connectivity index (χ1) is 7.09. The van der Waals surface area contributed by atoms with Crippen molar-refractivity contribution in [2.24, 2.45) is 0 Å². The molecule has 0 aliphatic carbocycles. The van der Waals surface area contributed by atoms with Crippen LogP contribution >= 0.6 is 0 Å². The van der Waals surface area contributed by atoms with Gasteiger partial charge in [-0.15, -0.1) is 0 Å². The third-order valence-corrected chi connectivity index (χ3v) is 3.23. The number of ether oxygens (including phenoxy) is 1. The van der Waals surface area contributed by atoms with Crippen LogP contribution in [0.15, 0.2) is 0 Å². The highest BCUT2D eigenvalue weighted by molar-refractivity contribution is 5.74. The van der Waals surface area contributed by atoms with Gasteiger partial charge in [-0.05, 0) is 7.05 Å². The summed E-state index contributed by atoms with van der Waals surface area (Å²) in [4.78, 5) is 17.6. The molecule has 2 aliphatic heterocycles. The molecule has 0 saturated carbocycles. The number of nitrogens with zero attached hydrogens (tertiary/aromatic N) is 3. The van der Waals surface area contributed by atoms with Crippen molar-refractivity contribution < 1.29 is 9.53 Å². The van der Waals surface area contributed by atoms with Crippen LogP contribution in [0.4, 0.5) is 4.79 Å². The van der Waals surface area contributed by atoms with Gasteiger partial charge in [0.1, 0.15) is 0 Å². The molecule has 86 valence electrons. The highest BCUT2D eigenvalue weighted by Gasteiger charge is 2.40. The van der Waals surface area contributed by atoms with Crippen molar-refractivity contribution in [2.75, 3.05) is 47.4 Å². The highest BCUT2D eigenvalue weighted by Crippen LogP contribution is 2.22. The molecule has 2 fully saturated rings. The van der Waals surface area contributed by atoms with E-state index in [0.29, 0.717) is 6.04 Å². The number of carbonyl (C=O) groups excluding carboxylic acids is 1. The summed E-state index contributed by atoms with van der Waals surface area (Å²) in [7, 11) is 5.67. The minimum Gasteiger partial charge on any atom is -0.373 e. The average molecular weight is 213 g/mol. The Hall–Kier alpha value is -0.810. The van der Waals surface area contributed by atoms with Gasteiger partial charge in [-0.1, -0.05) is 0 Å². The molecule has 5 nitrogen and oxygen atoms in total. The standard InChI is InChI=1S/C10H19N3O2/c1-11(2)10(14)13-6-8-9(7-13)15-5-4-12(8)3/h8-9H,4-7H2,1-3H3. The van der Waals surface area contributed by atoms with Crippen LogP contribution in [0, 0.1) is 0 Å². The number of rotatable bonds is 0. The summed E-state index contributed by atoms with van der Waals surface area (Å²) in [6, 6.07) is 0.462. The lowest BCUT2D eigenvalue weighted by molar-refractivity contribution is -0.0368. The van der Waals surface area contributed by atoms with Crippen LogP contribution in [0.25, 0.3) is 0 Å². The van der Waals surface area contributed by atoms with Crippen LogP contribution in [0.1, 0.15) is 0 Å². The predicted octanol–water partition coefficient (Wildman–Crippen LogP) is -0.317. The number of likely N-dealkylation sites (tertiary alicyclic amines) is 1. The smallest absolute Gasteiger partial charge is 0.319 e. The van der Waals surface area contributed by atoms with Crippen molar-refractivity contribution in [3.63, 3.8) is 0 Å².